The number of nitrogens with one attached hydrogen (secondary N) is 1. The lowest BCUT2D eigenvalue weighted by molar-refractivity contribution is -0.132. The van der Waals surface area contributed by atoms with E-state index in [0.717, 1.165) is 12.4 Å². The van der Waals surface area contributed by atoms with Crippen molar-refractivity contribution in [1.82, 2.24) is 15.3 Å². The van der Waals surface area contributed by atoms with Gasteiger partial charge in [0.05, 0.1) is 22.5 Å². The van der Waals surface area contributed by atoms with Crippen molar-refractivity contribution < 1.29 is 27.9 Å². The zero-order valence-corrected chi connectivity index (χ0v) is 21.8. The maximum atomic E-state index is 14.8. The quantitative estimate of drug-likeness (QED) is 0.440. The summed E-state index contributed by atoms with van der Waals surface area (Å²) in [7, 11) is 0. The molecule has 1 aromatic carbocycles. The number of nitrogens with zero attached hydrogens (tertiary/aromatic N) is 3. The predicted molar refractivity (Wildman–Crippen MR) is 138 cm³/mol. The van der Waals surface area contributed by atoms with E-state index in [1.807, 2.05) is 0 Å². The molecule has 0 radical (unpaired) electrons. The molecule has 7 nitrogen and oxygen atoms in total. The van der Waals surface area contributed by atoms with E-state index in [1.165, 1.54) is 23.2 Å². The minimum Gasteiger partial charge on any atom is -0.372 e. The van der Waals surface area contributed by atoms with Crippen LogP contribution >= 0.6 is 11.6 Å². The number of alkyl halides is 2. The van der Waals surface area contributed by atoms with Crippen LogP contribution < -0.4 is 10.2 Å². The van der Waals surface area contributed by atoms with Gasteiger partial charge < -0.3 is 15.3 Å². The van der Waals surface area contributed by atoms with Crippen molar-refractivity contribution >= 4 is 29.1 Å². The van der Waals surface area contributed by atoms with Gasteiger partial charge in [-0.25, -0.2) is 13.2 Å². The molecule has 204 valence electrons. The van der Waals surface area contributed by atoms with Gasteiger partial charge in [-0.3, -0.25) is 19.6 Å². The Morgan fingerprint density at radius 3 is 2.67 bits per heavy atom. The number of rotatable bonds is 6. The van der Waals surface area contributed by atoms with Crippen LogP contribution in [0.2, 0.25) is 5.02 Å². The average Bonchev–Trinajstić information content (AvgIpc) is 3.13. The van der Waals surface area contributed by atoms with Crippen molar-refractivity contribution in [3.8, 4) is 0 Å². The fourth-order valence-electron chi connectivity index (χ4n) is 5.68. The molecule has 11 heteroatoms. The molecule has 2 amide bonds. The van der Waals surface area contributed by atoms with E-state index in [2.05, 4.69) is 15.3 Å². The van der Waals surface area contributed by atoms with Gasteiger partial charge in [0.15, 0.2) is 5.60 Å². The van der Waals surface area contributed by atoms with Crippen LogP contribution in [0.1, 0.15) is 64.9 Å². The van der Waals surface area contributed by atoms with E-state index in [-0.39, 0.29) is 28.1 Å². The Balaban J connectivity index is 1.30. The number of hydrogen-bond donors (Lipinski definition) is 2. The van der Waals surface area contributed by atoms with Gasteiger partial charge in [0.25, 0.3) is 18.2 Å². The standard InChI is InChI=1S/C28H26ClF3N4O3/c1-15-3-2-4-22-23(15)28(39,20-9-10-33-13-21(20)30)27(38)36(22)14-16-5-7-18(8-6-16)35-26(37)19-11-17(29)12-34-24(19)25(31)32/h2-4,9-13,16,18,25,39H,5-8,14H2,1H3,(H,35,37)/t16-,18-,28?. The highest BCUT2D eigenvalue weighted by Gasteiger charge is 2.53. The Kier molecular flexibility index (Phi) is 7.35. The lowest BCUT2D eigenvalue weighted by Gasteiger charge is -2.32. The minimum atomic E-state index is -2.91. The molecule has 0 bridgehead atoms. The van der Waals surface area contributed by atoms with Crippen molar-refractivity contribution in [3.05, 3.63) is 87.7 Å². The second kappa shape index (κ2) is 10.6. The maximum absolute atomic E-state index is 14.8. The molecule has 1 fully saturated rings. The number of fused-ring (bicyclic) bond motifs is 1. The zero-order chi connectivity index (χ0) is 27.9. The Morgan fingerprint density at radius 1 is 1.23 bits per heavy atom. The molecule has 5 rings (SSSR count). The first kappa shape index (κ1) is 27.1. The number of amides is 2. The van der Waals surface area contributed by atoms with Crippen LogP contribution in [-0.2, 0) is 10.4 Å². The van der Waals surface area contributed by atoms with Crippen molar-refractivity contribution in [2.24, 2.45) is 5.92 Å². The first-order chi connectivity index (χ1) is 18.6. The molecule has 2 aromatic heterocycles. The Bertz CT molecular complexity index is 1430. The lowest BCUT2D eigenvalue weighted by Crippen LogP contribution is -2.45. The van der Waals surface area contributed by atoms with Gasteiger partial charge >= 0.3 is 0 Å². The summed E-state index contributed by atoms with van der Waals surface area (Å²) in [6.07, 6.45) is 2.91. The molecule has 3 heterocycles. The van der Waals surface area contributed by atoms with Crippen molar-refractivity contribution in [1.29, 1.82) is 0 Å². The molecular formula is C28H26ClF3N4O3. The number of aryl methyl sites for hydroxylation is 1. The molecule has 0 saturated heterocycles. The summed E-state index contributed by atoms with van der Waals surface area (Å²) in [6, 6.07) is 7.54. The van der Waals surface area contributed by atoms with E-state index in [4.69, 9.17) is 11.6 Å². The van der Waals surface area contributed by atoms with E-state index < -0.39 is 35.4 Å². The van der Waals surface area contributed by atoms with Crippen LogP contribution in [0.4, 0.5) is 18.9 Å². The Hall–Kier alpha value is -3.50. The van der Waals surface area contributed by atoms with Crippen molar-refractivity contribution in [2.75, 3.05) is 11.4 Å². The third-order valence-electron chi connectivity index (χ3n) is 7.58. The fourth-order valence-corrected chi connectivity index (χ4v) is 5.83. The molecule has 1 saturated carbocycles. The molecule has 0 spiro atoms. The summed E-state index contributed by atoms with van der Waals surface area (Å²) < 4.78 is 41.4. The summed E-state index contributed by atoms with van der Waals surface area (Å²) >= 11 is 5.87. The third-order valence-corrected chi connectivity index (χ3v) is 7.79. The molecule has 2 N–H and O–H groups in total. The molecule has 1 aliphatic carbocycles. The monoisotopic (exact) mass is 558 g/mol. The number of halogens is 4. The lowest BCUT2D eigenvalue weighted by atomic mass is 9.85. The highest BCUT2D eigenvalue weighted by Crippen LogP contribution is 2.47. The van der Waals surface area contributed by atoms with Crippen molar-refractivity contribution in [3.63, 3.8) is 0 Å². The molecule has 1 unspecified atom stereocenters. The predicted octanol–water partition coefficient (Wildman–Crippen LogP) is 5.09. The summed E-state index contributed by atoms with van der Waals surface area (Å²) in [5, 5.41) is 14.6. The van der Waals surface area contributed by atoms with Crippen LogP contribution in [0.5, 0.6) is 0 Å². The number of anilines is 1. The number of aromatic nitrogens is 2. The topological polar surface area (TPSA) is 95.4 Å². The Morgan fingerprint density at radius 2 is 1.97 bits per heavy atom. The second-order valence-corrected chi connectivity index (χ2v) is 10.5. The first-order valence-electron chi connectivity index (χ1n) is 12.6. The Labute approximate surface area is 228 Å². The van der Waals surface area contributed by atoms with Gasteiger partial charge in [-0.05, 0) is 62.3 Å². The van der Waals surface area contributed by atoms with Crippen molar-refractivity contribution in [2.45, 2.75) is 50.7 Å². The normalized spacial score (nSPS) is 22.7. The van der Waals surface area contributed by atoms with Crippen LogP contribution in [0.25, 0.3) is 0 Å². The van der Waals surface area contributed by atoms with Gasteiger partial charge in [-0.15, -0.1) is 0 Å². The second-order valence-electron chi connectivity index (χ2n) is 10.0. The minimum absolute atomic E-state index is 0.0459. The van der Waals surface area contributed by atoms with Gasteiger partial charge in [0, 0.05) is 36.1 Å². The summed E-state index contributed by atoms with van der Waals surface area (Å²) in [6.45, 7) is 2.07. The summed E-state index contributed by atoms with van der Waals surface area (Å²) in [4.78, 5) is 35.3. The summed E-state index contributed by atoms with van der Waals surface area (Å²) in [5.41, 5.74) is -1.65. The van der Waals surface area contributed by atoms with E-state index >= 15 is 0 Å². The maximum Gasteiger partial charge on any atom is 0.281 e. The number of carbonyl (C=O) groups excluding carboxylic acids is 2. The molecular weight excluding hydrogens is 533 g/mol. The number of carbonyl (C=O) groups is 2. The number of benzene rings is 1. The first-order valence-corrected chi connectivity index (χ1v) is 13.0. The van der Waals surface area contributed by atoms with Crippen LogP contribution in [0.15, 0.2) is 48.9 Å². The number of hydrogen-bond acceptors (Lipinski definition) is 5. The number of aliphatic hydroxyl groups is 1. The largest absolute Gasteiger partial charge is 0.372 e. The van der Waals surface area contributed by atoms with Gasteiger partial charge in [0.1, 0.15) is 11.5 Å². The third kappa shape index (κ3) is 4.87. The highest BCUT2D eigenvalue weighted by molar-refractivity contribution is 6.30. The van der Waals surface area contributed by atoms with E-state index in [9.17, 15) is 27.9 Å². The summed E-state index contributed by atoms with van der Waals surface area (Å²) in [5.74, 6) is -2.01. The van der Waals surface area contributed by atoms with Crippen LogP contribution in [-0.4, -0.2) is 39.5 Å². The molecule has 1 atom stereocenters. The van der Waals surface area contributed by atoms with E-state index in [1.54, 1.807) is 25.1 Å². The molecule has 2 aliphatic rings. The van der Waals surface area contributed by atoms with Gasteiger partial charge in [-0.1, -0.05) is 23.7 Å². The van der Waals surface area contributed by atoms with E-state index in [0.29, 0.717) is 49.0 Å². The SMILES string of the molecule is Cc1cccc2c1C(O)(c1ccncc1F)C(=O)N2C[C@H]1CC[C@H](NC(=O)c2cc(Cl)cnc2C(F)F)CC1. The molecule has 3 aromatic rings. The van der Waals surface area contributed by atoms with Gasteiger partial charge in [-0.2, -0.15) is 0 Å². The highest BCUT2D eigenvalue weighted by atomic mass is 35.5. The smallest absolute Gasteiger partial charge is 0.281 e. The van der Waals surface area contributed by atoms with Crippen LogP contribution in [0.3, 0.4) is 0 Å². The zero-order valence-electron chi connectivity index (χ0n) is 21.0. The average molecular weight is 559 g/mol. The molecule has 1 aliphatic heterocycles. The van der Waals surface area contributed by atoms with Crippen LogP contribution in [0, 0.1) is 18.7 Å². The fraction of sp³-hybridized carbons (Fsp3) is 0.357. The molecule has 39 heavy (non-hydrogen) atoms. The van der Waals surface area contributed by atoms with Gasteiger partial charge in [0.2, 0.25) is 0 Å². The number of pyridine rings is 2.